The maximum absolute atomic E-state index is 12.9. The van der Waals surface area contributed by atoms with Gasteiger partial charge in [0.25, 0.3) is 0 Å². The van der Waals surface area contributed by atoms with Crippen molar-refractivity contribution in [3.8, 4) is 5.75 Å². The van der Waals surface area contributed by atoms with Crippen LogP contribution in [-0.4, -0.2) is 69.2 Å². The third kappa shape index (κ3) is 4.71. The molecule has 1 amide bonds. The maximum Gasteiger partial charge on any atom is 0.325 e. The van der Waals surface area contributed by atoms with Crippen LogP contribution in [0, 0.1) is 0 Å². The number of carboxylic acids is 1. The molecule has 1 heterocycles. The van der Waals surface area contributed by atoms with Gasteiger partial charge in [-0.15, -0.1) is 0 Å². The number of nitrogens with one attached hydrogen (secondary N) is 1. The first-order valence-corrected chi connectivity index (χ1v) is 9.46. The van der Waals surface area contributed by atoms with E-state index < -0.39 is 27.9 Å². The van der Waals surface area contributed by atoms with Crippen LogP contribution in [0.5, 0.6) is 5.75 Å². The predicted molar refractivity (Wildman–Crippen MR) is 91.5 cm³/mol. The highest BCUT2D eigenvalue weighted by Crippen LogP contribution is 2.28. The Bertz CT molecular complexity index is 773. The molecule has 0 aromatic heterocycles. The number of nitrogens with zero attached hydrogens (tertiary/aromatic N) is 1. The van der Waals surface area contributed by atoms with Crippen molar-refractivity contribution in [2.75, 3.05) is 33.4 Å². The first-order valence-electron chi connectivity index (χ1n) is 8.02. The van der Waals surface area contributed by atoms with Crippen LogP contribution in [-0.2, 0) is 30.8 Å². The zero-order valence-electron chi connectivity index (χ0n) is 14.6. The third-order valence-corrected chi connectivity index (χ3v) is 5.85. The quantitative estimate of drug-likeness (QED) is 0.668. The summed E-state index contributed by atoms with van der Waals surface area (Å²) in [5.74, 6) is -1.48. The highest BCUT2D eigenvalue weighted by atomic mass is 32.2. The zero-order chi connectivity index (χ0) is 19.3. The summed E-state index contributed by atoms with van der Waals surface area (Å²) in [6.45, 7) is 2.47. The van der Waals surface area contributed by atoms with Gasteiger partial charge >= 0.3 is 5.97 Å². The zero-order valence-corrected chi connectivity index (χ0v) is 15.4. The fourth-order valence-electron chi connectivity index (χ4n) is 2.50. The molecule has 1 saturated heterocycles. The highest BCUT2D eigenvalue weighted by molar-refractivity contribution is 7.89. The molecule has 1 aliphatic rings. The number of aliphatic carboxylic acids is 1. The minimum atomic E-state index is -3.80. The van der Waals surface area contributed by atoms with Gasteiger partial charge in [-0.05, 0) is 24.6 Å². The van der Waals surface area contributed by atoms with E-state index in [4.69, 9.17) is 14.6 Å². The van der Waals surface area contributed by atoms with Gasteiger partial charge in [0.2, 0.25) is 15.9 Å². The Morgan fingerprint density at radius 3 is 2.58 bits per heavy atom. The molecule has 2 N–H and O–H groups in total. The van der Waals surface area contributed by atoms with Crippen LogP contribution in [0.4, 0.5) is 0 Å². The Hall–Kier alpha value is -2.17. The van der Waals surface area contributed by atoms with Crippen molar-refractivity contribution in [3.63, 3.8) is 0 Å². The third-order valence-electron chi connectivity index (χ3n) is 3.93. The van der Waals surface area contributed by atoms with Crippen LogP contribution in [0.25, 0.3) is 0 Å². The highest BCUT2D eigenvalue weighted by Gasteiger charge is 2.29. The van der Waals surface area contributed by atoms with E-state index in [2.05, 4.69) is 5.32 Å². The summed E-state index contributed by atoms with van der Waals surface area (Å²) >= 11 is 0. The molecule has 26 heavy (non-hydrogen) atoms. The molecule has 1 atom stereocenters. The van der Waals surface area contributed by atoms with Crippen LogP contribution in [0.15, 0.2) is 23.1 Å². The molecule has 0 spiro atoms. The minimum Gasteiger partial charge on any atom is -0.495 e. The molecular formula is C16H22N2O7S. The van der Waals surface area contributed by atoms with Gasteiger partial charge < -0.3 is 19.9 Å². The van der Waals surface area contributed by atoms with E-state index >= 15 is 0 Å². The number of amides is 1. The van der Waals surface area contributed by atoms with Gasteiger partial charge in [-0.25, -0.2) is 8.42 Å². The van der Waals surface area contributed by atoms with E-state index in [9.17, 15) is 18.0 Å². The Kier molecular flexibility index (Phi) is 6.57. The van der Waals surface area contributed by atoms with E-state index in [0.717, 1.165) is 0 Å². The molecule has 0 aliphatic carbocycles. The van der Waals surface area contributed by atoms with Gasteiger partial charge in [0.05, 0.1) is 26.7 Å². The molecule has 2 rings (SSSR count). The lowest BCUT2D eigenvalue weighted by Gasteiger charge is -2.26. The number of hydrogen-bond donors (Lipinski definition) is 2. The summed E-state index contributed by atoms with van der Waals surface area (Å²) in [5, 5.41) is 11.2. The Balaban J connectivity index is 2.25. The molecule has 144 valence electrons. The van der Waals surface area contributed by atoms with E-state index in [1.807, 2.05) is 0 Å². The number of hydrogen-bond acceptors (Lipinski definition) is 6. The van der Waals surface area contributed by atoms with Crippen LogP contribution in [0.2, 0.25) is 0 Å². The second-order valence-corrected chi connectivity index (χ2v) is 7.71. The molecule has 10 heteroatoms. The van der Waals surface area contributed by atoms with Crippen molar-refractivity contribution < 1.29 is 32.6 Å². The largest absolute Gasteiger partial charge is 0.495 e. The fourth-order valence-corrected chi connectivity index (χ4v) is 4.11. The van der Waals surface area contributed by atoms with E-state index in [1.165, 1.54) is 30.5 Å². The van der Waals surface area contributed by atoms with Crippen molar-refractivity contribution in [3.05, 3.63) is 23.8 Å². The molecular weight excluding hydrogens is 364 g/mol. The summed E-state index contributed by atoms with van der Waals surface area (Å²) < 4.78 is 37.4. The summed E-state index contributed by atoms with van der Waals surface area (Å²) in [7, 11) is -2.43. The molecule has 1 unspecified atom stereocenters. The minimum absolute atomic E-state index is 0.0292. The first-order chi connectivity index (χ1) is 12.3. The summed E-state index contributed by atoms with van der Waals surface area (Å²) in [6.07, 6.45) is -0.146. The molecule has 1 fully saturated rings. The number of benzene rings is 1. The summed E-state index contributed by atoms with van der Waals surface area (Å²) in [5.41, 5.74) is 0.438. The summed E-state index contributed by atoms with van der Waals surface area (Å²) in [4.78, 5) is 22.7. The number of sulfonamides is 1. The Labute approximate surface area is 151 Å². The number of methoxy groups -OCH3 is 1. The van der Waals surface area contributed by atoms with Crippen molar-refractivity contribution in [2.45, 2.75) is 24.3 Å². The van der Waals surface area contributed by atoms with Crippen LogP contribution in [0.3, 0.4) is 0 Å². The average Bonchev–Trinajstić information content (AvgIpc) is 2.62. The van der Waals surface area contributed by atoms with Crippen molar-refractivity contribution in [1.29, 1.82) is 0 Å². The molecule has 1 aromatic rings. The lowest BCUT2D eigenvalue weighted by atomic mass is 10.1. The normalized spacial score (nSPS) is 16.7. The van der Waals surface area contributed by atoms with Crippen molar-refractivity contribution in [2.24, 2.45) is 0 Å². The molecule has 1 aromatic carbocycles. The fraction of sp³-hybridized carbons (Fsp3) is 0.500. The Morgan fingerprint density at radius 2 is 2.00 bits per heavy atom. The number of carboxylic acid groups (broad SMARTS) is 1. The smallest absolute Gasteiger partial charge is 0.325 e. The number of rotatable bonds is 7. The lowest BCUT2D eigenvalue weighted by Crippen LogP contribution is -2.41. The molecule has 9 nitrogen and oxygen atoms in total. The van der Waals surface area contributed by atoms with Crippen LogP contribution in [0.1, 0.15) is 12.5 Å². The predicted octanol–water partition coefficient (Wildman–Crippen LogP) is -0.152. The van der Waals surface area contributed by atoms with Crippen molar-refractivity contribution in [1.82, 2.24) is 9.62 Å². The second-order valence-electron chi connectivity index (χ2n) is 5.81. The van der Waals surface area contributed by atoms with E-state index in [0.29, 0.717) is 18.8 Å². The van der Waals surface area contributed by atoms with E-state index in [-0.39, 0.29) is 30.2 Å². The molecule has 0 saturated carbocycles. The Morgan fingerprint density at radius 1 is 1.35 bits per heavy atom. The topological polar surface area (TPSA) is 122 Å². The van der Waals surface area contributed by atoms with Gasteiger partial charge in [0, 0.05) is 13.1 Å². The van der Waals surface area contributed by atoms with Gasteiger partial charge in [0.1, 0.15) is 16.7 Å². The standard InChI is InChI=1S/C16H22N2O7S/c1-11(16(20)21)17-15(19)10-12-3-4-13(24-2)14(9-12)26(22,23)18-5-7-25-8-6-18/h3-4,9,11H,5-8,10H2,1-2H3,(H,17,19)(H,20,21). The number of carbonyl (C=O) groups excluding carboxylic acids is 1. The number of morpholine rings is 1. The van der Waals surface area contributed by atoms with Crippen LogP contribution >= 0.6 is 0 Å². The SMILES string of the molecule is COc1ccc(CC(=O)NC(C)C(=O)O)cc1S(=O)(=O)N1CCOCC1. The monoisotopic (exact) mass is 386 g/mol. The maximum atomic E-state index is 12.9. The average molecular weight is 386 g/mol. The van der Waals surface area contributed by atoms with Gasteiger partial charge in [-0.2, -0.15) is 4.31 Å². The van der Waals surface area contributed by atoms with Gasteiger partial charge in [-0.1, -0.05) is 6.07 Å². The second kappa shape index (κ2) is 8.47. The van der Waals surface area contributed by atoms with Gasteiger partial charge in [0.15, 0.2) is 0 Å². The molecule has 0 bridgehead atoms. The van der Waals surface area contributed by atoms with Crippen molar-refractivity contribution >= 4 is 21.9 Å². The molecule has 1 aliphatic heterocycles. The summed E-state index contributed by atoms with van der Waals surface area (Å²) in [6, 6.07) is 3.41. The number of carbonyl (C=O) groups is 2. The molecule has 0 radical (unpaired) electrons. The number of ether oxygens (including phenoxy) is 2. The van der Waals surface area contributed by atoms with Crippen LogP contribution < -0.4 is 10.1 Å². The lowest BCUT2D eigenvalue weighted by molar-refractivity contribution is -0.141. The first kappa shape index (κ1) is 20.1. The van der Waals surface area contributed by atoms with Gasteiger partial charge in [-0.3, -0.25) is 9.59 Å². The van der Waals surface area contributed by atoms with E-state index in [1.54, 1.807) is 6.07 Å².